The lowest BCUT2D eigenvalue weighted by Crippen LogP contribution is -2.27. The predicted octanol–water partition coefficient (Wildman–Crippen LogP) is 2.66. The van der Waals surface area contributed by atoms with Crippen LogP contribution in [0.5, 0.6) is 0 Å². The summed E-state index contributed by atoms with van der Waals surface area (Å²) in [6.07, 6.45) is 4.90. The van der Waals surface area contributed by atoms with Crippen LogP contribution in [-0.4, -0.2) is 36.8 Å². The first-order chi connectivity index (χ1) is 13.1. The largest absolute Gasteiger partial charge is 0.350 e. The van der Waals surface area contributed by atoms with Crippen molar-refractivity contribution in [2.75, 3.05) is 6.54 Å². The highest BCUT2D eigenvalue weighted by molar-refractivity contribution is 5.97. The van der Waals surface area contributed by atoms with Gasteiger partial charge in [-0.05, 0) is 43.7 Å². The summed E-state index contributed by atoms with van der Waals surface area (Å²) in [6.45, 7) is 5.23. The van der Waals surface area contributed by atoms with Crippen LogP contribution in [-0.2, 0) is 6.54 Å². The molecule has 7 heteroatoms. The fourth-order valence-electron chi connectivity index (χ4n) is 3.16. The molecule has 2 heterocycles. The first-order valence-corrected chi connectivity index (χ1v) is 8.77. The Kier molecular flexibility index (Phi) is 4.42. The number of fused-ring (bicyclic) bond motifs is 1. The zero-order valence-corrected chi connectivity index (χ0v) is 15.3. The SMILES string of the molecule is Cc1ccc(-n2cnc3cc(C(=O)NCCn4cncn4)ccc32)c(C)c1. The van der Waals surface area contributed by atoms with E-state index in [2.05, 4.69) is 57.0 Å². The summed E-state index contributed by atoms with van der Waals surface area (Å²) in [4.78, 5) is 20.8. The number of nitrogens with zero attached hydrogens (tertiary/aromatic N) is 5. The van der Waals surface area contributed by atoms with E-state index in [-0.39, 0.29) is 5.91 Å². The van der Waals surface area contributed by atoms with Crippen molar-refractivity contribution >= 4 is 16.9 Å². The van der Waals surface area contributed by atoms with Crippen LogP contribution >= 0.6 is 0 Å². The highest BCUT2D eigenvalue weighted by Gasteiger charge is 2.11. The van der Waals surface area contributed by atoms with Crippen molar-refractivity contribution in [1.29, 1.82) is 0 Å². The molecule has 0 aliphatic carbocycles. The second-order valence-corrected chi connectivity index (χ2v) is 6.52. The van der Waals surface area contributed by atoms with Gasteiger partial charge in [-0.1, -0.05) is 17.7 Å². The van der Waals surface area contributed by atoms with Crippen molar-refractivity contribution in [2.24, 2.45) is 0 Å². The lowest BCUT2D eigenvalue weighted by molar-refractivity contribution is 0.0952. The molecule has 0 bridgehead atoms. The Balaban J connectivity index is 1.54. The number of rotatable bonds is 5. The molecule has 2 aromatic carbocycles. The summed E-state index contributed by atoms with van der Waals surface area (Å²) in [5.74, 6) is -0.127. The van der Waals surface area contributed by atoms with E-state index in [1.54, 1.807) is 17.3 Å². The third kappa shape index (κ3) is 3.44. The molecule has 4 aromatic rings. The maximum absolute atomic E-state index is 12.4. The van der Waals surface area contributed by atoms with Crippen molar-refractivity contribution in [3.63, 3.8) is 0 Å². The maximum atomic E-state index is 12.4. The van der Waals surface area contributed by atoms with Crippen molar-refractivity contribution in [1.82, 2.24) is 29.6 Å². The van der Waals surface area contributed by atoms with Gasteiger partial charge in [0, 0.05) is 12.1 Å². The Bertz CT molecular complexity index is 1100. The molecule has 0 unspecified atom stereocenters. The highest BCUT2D eigenvalue weighted by Crippen LogP contribution is 2.22. The van der Waals surface area contributed by atoms with Crippen LogP contribution < -0.4 is 5.32 Å². The molecule has 4 rings (SSSR count). The van der Waals surface area contributed by atoms with E-state index in [0.717, 1.165) is 16.7 Å². The van der Waals surface area contributed by atoms with Gasteiger partial charge < -0.3 is 5.32 Å². The van der Waals surface area contributed by atoms with Crippen molar-refractivity contribution in [2.45, 2.75) is 20.4 Å². The minimum absolute atomic E-state index is 0.127. The van der Waals surface area contributed by atoms with Crippen molar-refractivity contribution in [3.8, 4) is 5.69 Å². The number of hydrogen-bond acceptors (Lipinski definition) is 4. The van der Waals surface area contributed by atoms with Gasteiger partial charge in [0.1, 0.15) is 19.0 Å². The average Bonchev–Trinajstić information content (AvgIpc) is 3.31. The smallest absolute Gasteiger partial charge is 0.251 e. The number of carbonyl (C=O) groups is 1. The lowest BCUT2D eigenvalue weighted by atomic mass is 10.1. The Morgan fingerprint density at radius 1 is 1.11 bits per heavy atom. The van der Waals surface area contributed by atoms with Gasteiger partial charge in [-0.25, -0.2) is 9.97 Å². The summed E-state index contributed by atoms with van der Waals surface area (Å²) in [6, 6.07) is 11.9. The van der Waals surface area contributed by atoms with E-state index in [4.69, 9.17) is 0 Å². The second-order valence-electron chi connectivity index (χ2n) is 6.52. The Morgan fingerprint density at radius 3 is 2.78 bits per heavy atom. The lowest BCUT2D eigenvalue weighted by Gasteiger charge is -2.09. The molecule has 7 nitrogen and oxygen atoms in total. The predicted molar refractivity (Wildman–Crippen MR) is 103 cm³/mol. The maximum Gasteiger partial charge on any atom is 0.251 e. The Morgan fingerprint density at radius 2 is 2.00 bits per heavy atom. The zero-order chi connectivity index (χ0) is 18.8. The molecule has 1 N–H and O–H groups in total. The molecule has 0 radical (unpaired) electrons. The molecule has 1 amide bonds. The number of amides is 1. The fourth-order valence-corrected chi connectivity index (χ4v) is 3.16. The van der Waals surface area contributed by atoms with Crippen molar-refractivity contribution in [3.05, 3.63) is 72.1 Å². The summed E-state index contributed by atoms with van der Waals surface area (Å²) in [5, 5.41) is 6.91. The van der Waals surface area contributed by atoms with Gasteiger partial charge in [-0.15, -0.1) is 0 Å². The third-order valence-corrected chi connectivity index (χ3v) is 4.51. The van der Waals surface area contributed by atoms with Crippen LogP contribution in [0.4, 0.5) is 0 Å². The van der Waals surface area contributed by atoms with Gasteiger partial charge in [0.25, 0.3) is 5.91 Å². The molecule has 0 saturated carbocycles. The monoisotopic (exact) mass is 360 g/mol. The number of aryl methyl sites for hydroxylation is 2. The molecule has 0 atom stereocenters. The Hall–Kier alpha value is -3.48. The number of hydrogen-bond donors (Lipinski definition) is 1. The van der Waals surface area contributed by atoms with Gasteiger partial charge in [0.05, 0.1) is 23.3 Å². The molecule has 0 fully saturated rings. The summed E-state index contributed by atoms with van der Waals surface area (Å²) in [7, 11) is 0. The van der Waals surface area contributed by atoms with Gasteiger partial charge in [0.2, 0.25) is 0 Å². The fraction of sp³-hybridized carbons (Fsp3) is 0.200. The molecular weight excluding hydrogens is 340 g/mol. The number of nitrogens with one attached hydrogen (secondary N) is 1. The number of aromatic nitrogens is 5. The highest BCUT2D eigenvalue weighted by atomic mass is 16.1. The van der Waals surface area contributed by atoms with Crippen LogP contribution in [0.15, 0.2) is 55.4 Å². The van der Waals surface area contributed by atoms with E-state index >= 15 is 0 Å². The van der Waals surface area contributed by atoms with Crippen LogP contribution in [0.1, 0.15) is 21.5 Å². The topological polar surface area (TPSA) is 77.6 Å². The number of imidazole rings is 1. The standard InChI is InChI=1S/C20H20N6O/c1-14-3-5-18(15(2)9-14)26-13-23-17-10-16(4-6-19(17)26)20(27)22-7-8-25-12-21-11-24-25/h3-6,9-13H,7-8H2,1-2H3,(H,22,27). The molecule has 0 saturated heterocycles. The molecular formula is C20H20N6O. The minimum atomic E-state index is -0.127. The Labute approximate surface area is 156 Å². The van der Waals surface area contributed by atoms with Gasteiger partial charge >= 0.3 is 0 Å². The van der Waals surface area contributed by atoms with Gasteiger partial charge in [-0.3, -0.25) is 14.0 Å². The summed E-state index contributed by atoms with van der Waals surface area (Å²) in [5.41, 5.74) is 5.86. The van der Waals surface area contributed by atoms with E-state index in [0.29, 0.717) is 18.7 Å². The molecule has 27 heavy (non-hydrogen) atoms. The molecule has 0 aliphatic rings. The van der Waals surface area contributed by atoms with Crippen LogP contribution in [0, 0.1) is 13.8 Å². The minimum Gasteiger partial charge on any atom is -0.350 e. The number of benzene rings is 2. The van der Waals surface area contributed by atoms with Crippen LogP contribution in [0.25, 0.3) is 16.7 Å². The molecule has 2 aromatic heterocycles. The first kappa shape index (κ1) is 17.0. The average molecular weight is 360 g/mol. The number of carbonyl (C=O) groups excluding carboxylic acids is 1. The molecule has 0 spiro atoms. The second kappa shape index (κ2) is 7.03. The van der Waals surface area contributed by atoms with Crippen LogP contribution in [0.3, 0.4) is 0 Å². The summed E-state index contributed by atoms with van der Waals surface area (Å²) < 4.78 is 3.73. The van der Waals surface area contributed by atoms with Gasteiger partial charge in [0.15, 0.2) is 0 Å². The van der Waals surface area contributed by atoms with E-state index in [1.807, 2.05) is 18.2 Å². The third-order valence-electron chi connectivity index (χ3n) is 4.51. The van der Waals surface area contributed by atoms with Gasteiger partial charge in [-0.2, -0.15) is 5.10 Å². The van der Waals surface area contributed by atoms with Crippen molar-refractivity contribution < 1.29 is 4.79 Å². The quantitative estimate of drug-likeness (QED) is 0.593. The molecule has 0 aliphatic heterocycles. The van der Waals surface area contributed by atoms with E-state index < -0.39 is 0 Å². The van der Waals surface area contributed by atoms with Crippen LogP contribution in [0.2, 0.25) is 0 Å². The zero-order valence-electron chi connectivity index (χ0n) is 15.3. The molecule has 136 valence electrons. The normalized spacial score (nSPS) is 11.0. The summed E-state index contributed by atoms with van der Waals surface area (Å²) >= 11 is 0. The first-order valence-electron chi connectivity index (χ1n) is 8.77. The van der Waals surface area contributed by atoms with E-state index in [9.17, 15) is 4.79 Å². The van der Waals surface area contributed by atoms with E-state index in [1.165, 1.54) is 17.5 Å².